The first-order valence-electron chi connectivity index (χ1n) is 9.60. The van der Waals surface area contributed by atoms with E-state index in [4.69, 9.17) is 4.74 Å². The highest BCUT2D eigenvalue weighted by atomic mass is 127. The fourth-order valence-corrected chi connectivity index (χ4v) is 4.45. The third-order valence-electron chi connectivity index (χ3n) is 6.43. The van der Waals surface area contributed by atoms with Gasteiger partial charge in [0.05, 0.1) is 32.6 Å². The van der Waals surface area contributed by atoms with E-state index in [-0.39, 0.29) is 47.8 Å². The van der Waals surface area contributed by atoms with Crippen LogP contribution in [-0.2, 0) is 14.9 Å². The smallest absolute Gasteiger partial charge is 0.316 e. The van der Waals surface area contributed by atoms with Gasteiger partial charge >= 0.3 is 5.97 Å². The standard InChI is InChI=1S/C21H31FNO2.HI/c1-21(16-6-4-5-7-16,17-8-10-18(22)11-9-17)20(24)25-19-12-14-23(2,3)15-13-19;/h8-11,16,19H,4-7,12-15H2,1-3H3;1H/q+1;/p-1. The van der Waals surface area contributed by atoms with Gasteiger partial charge in [0, 0.05) is 12.8 Å². The topological polar surface area (TPSA) is 26.3 Å². The van der Waals surface area contributed by atoms with Crippen LogP contribution in [-0.4, -0.2) is 43.7 Å². The fraction of sp³-hybridized carbons (Fsp3) is 0.667. The molecule has 0 bridgehead atoms. The van der Waals surface area contributed by atoms with Crippen molar-refractivity contribution in [1.82, 2.24) is 0 Å². The second kappa shape index (κ2) is 8.55. The highest BCUT2D eigenvalue weighted by molar-refractivity contribution is 5.83. The van der Waals surface area contributed by atoms with Gasteiger partial charge in [-0.05, 0) is 43.4 Å². The molecule has 0 radical (unpaired) electrons. The molecule has 1 atom stereocenters. The third kappa shape index (κ3) is 4.58. The minimum absolute atomic E-state index is 0. The zero-order valence-electron chi connectivity index (χ0n) is 16.1. The highest BCUT2D eigenvalue weighted by Crippen LogP contribution is 2.43. The molecule has 3 nitrogen and oxygen atoms in total. The molecule has 0 amide bonds. The molecule has 0 aromatic heterocycles. The maximum absolute atomic E-state index is 13.4. The first-order valence-corrected chi connectivity index (χ1v) is 9.60. The lowest BCUT2D eigenvalue weighted by Crippen LogP contribution is -3.00. The Labute approximate surface area is 173 Å². The predicted octanol–water partition coefficient (Wildman–Crippen LogP) is 1.06. The van der Waals surface area contributed by atoms with Crippen molar-refractivity contribution in [3.05, 3.63) is 35.6 Å². The Bertz CT molecular complexity index is 603. The summed E-state index contributed by atoms with van der Waals surface area (Å²) < 4.78 is 20.4. The molecule has 3 rings (SSSR count). The van der Waals surface area contributed by atoms with Crippen LogP contribution < -0.4 is 24.0 Å². The number of hydrogen-bond acceptors (Lipinski definition) is 2. The van der Waals surface area contributed by atoms with Crippen molar-refractivity contribution in [1.29, 1.82) is 0 Å². The lowest BCUT2D eigenvalue weighted by molar-refractivity contribution is -0.896. The Hall–Kier alpha value is -0.690. The van der Waals surface area contributed by atoms with Gasteiger partial charge in [0.2, 0.25) is 0 Å². The molecular weight excluding hydrogens is 444 g/mol. The van der Waals surface area contributed by atoms with Crippen molar-refractivity contribution in [2.45, 2.75) is 57.0 Å². The molecule has 5 heteroatoms. The van der Waals surface area contributed by atoms with Crippen LogP contribution >= 0.6 is 0 Å². The summed E-state index contributed by atoms with van der Waals surface area (Å²) in [5, 5.41) is 0. The summed E-state index contributed by atoms with van der Waals surface area (Å²) in [7, 11) is 4.44. The molecule has 1 aliphatic carbocycles. The maximum Gasteiger partial charge on any atom is 0.316 e. The molecule has 1 unspecified atom stereocenters. The molecule has 146 valence electrons. The van der Waals surface area contributed by atoms with Crippen LogP contribution in [0.4, 0.5) is 4.39 Å². The average Bonchev–Trinajstić information content (AvgIpc) is 3.11. The van der Waals surface area contributed by atoms with E-state index in [9.17, 15) is 9.18 Å². The lowest BCUT2D eigenvalue weighted by Gasteiger charge is -2.39. The molecule has 1 aromatic rings. The van der Waals surface area contributed by atoms with E-state index < -0.39 is 5.41 Å². The van der Waals surface area contributed by atoms with Crippen LogP contribution in [0.3, 0.4) is 0 Å². The number of carbonyl (C=O) groups excluding carboxylic acids is 1. The summed E-state index contributed by atoms with van der Waals surface area (Å²) in [6.07, 6.45) is 6.24. The number of ether oxygens (including phenoxy) is 1. The first-order chi connectivity index (χ1) is 11.8. The van der Waals surface area contributed by atoms with Crippen LogP contribution in [0.2, 0.25) is 0 Å². The van der Waals surface area contributed by atoms with E-state index >= 15 is 0 Å². The zero-order chi connectivity index (χ0) is 18.1. The SMILES string of the molecule is CC(C(=O)OC1CC[N+](C)(C)CC1)(c1ccc(F)cc1)C1CCCC1.[I-]. The van der Waals surface area contributed by atoms with Gasteiger partial charge in [0.15, 0.2) is 0 Å². The van der Waals surface area contributed by atoms with Crippen molar-refractivity contribution in [2.75, 3.05) is 27.2 Å². The first kappa shape index (κ1) is 21.6. The van der Waals surface area contributed by atoms with Crippen molar-refractivity contribution < 1.29 is 42.4 Å². The monoisotopic (exact) mass is 475 g/mol. The second-order valence-electron chi connectivity index (χ2n) is 8.68. The molecule has 26 heavy (non-hydrogen) atoms. The lowest BCUT2D eigenvalue weighted by atomic mass is 9.71. The maximum atomic E-state index is 13.4. The summed E-state index contributed by atoms with van der Waals surface area (Å²) in [4.78, 5) is 13.2. The van der Waals surface area contributed by atoms with Gasteiger partial charge < -0.3 is 33.2 Å². The Morgan fingerprint density at radius 2 is 1.62 bits per heavy atom. The zero-order valence-corrected chi connectivity index (χ0v) is 18.3. The van der Waals surface area contributed by atoms with E-state index in [0.717, 1.165) is 61.7 Å². The summed E-state index contributed by atoms with van der Waals surface area (Å²) in [5.74, 6) is -0.109. The van der Waals surface area contributed by atoms with E-state index in [1.165, 1.54) is 12.1 Å². The molecule has 1 saturated heterocycles. The van der Waals surface area contributed by atoms with Gasteiger partial charge in [-0.3, -0.25) is 4.79 Å². The number of rotatable bonds is 4. The Kier molecular flexibility index (Phi) is 7.10. The Balaban J connectivity index is 0.00000243. The molecule has 1 aromatic carbocycles. The van der Waals surface area contributed by atoms with Gasteiger partial charge in [0.1, 0.15) is 11.9 Å². The molecule has 2 fully saturated rings. The van der Waals surface area contributed by atoms with E-state index in [2.05, 4.69) is 14.1 Å². The van der Waals surface area contributed by atoms with Gasteiger partial charge in [-0.2, -0.15) is 0 Å². The number of carbonyl (C=O) groups is 1. The van der Waals surface area contributed by atoms with Gasteiger partial charge in [-0.1, -0.05) is 25.0 Å². The van der Waals surface area contributed by atoms with Crippen molar-refractivity contribution in [3.8, 4) is 0 Å². The quantitative estimate of drug-likeness (QED) is 0.370. The summed E-state index contributed by atoms with van der Waals surface area (Å²) in [5.41, 5.74) is 0.212. The van der Waals surface area contributed by atoms with Crippen molar-refractivity contribution in [3.63, 3.8) is 0 Å². The highest BCUT2D eigenvalue weighted by Gasteiger charge is 2.46. The van der Waals surface area contributed by atoms with Crippen LogP contribution in [0.25, 0.3) is 0 Å². The van der Waals surface area contributed by atoms with Crippen LogP contribution in [0, 0.1) is 11.7 Å². The van der Waals surface area contributed by atoms with Gasteiger partial charge in [-0.25, -0.2) is 4.39 Å². The number of likely N-dealkylation sites (tertiary alicyclic amines) is 1. The normalized spacial score (nSPS) is 23.1. The minimum atomic E-state index is -0.675. The number of esters is 1. The molecule has 0 spiro atoms. The van der Waals surface area contributed by atoms with Crippen LogP contribution in [0.5, 0.6) is 0 Å². The third-order valence-corrected chi connectivity index (χ3v) is 6.43. The van der Waals surface area contributed by atoms with E-state index in [1.54, 1.807) is 12.1 Å². The Morgan fingerprint density at radius 3 is 2.15 bits per heavy atom. The number of piperidine rings is 1. The van der Waals surface area contributed by atoms with E-state index in [0.29, 0.717) is 0 Å². The number of benzene rings is 1. The van der Waals surface area contributed by atoms with Gasteiger partial charge in [-0.15, -0.1) is 0 Å². The summed E-state index contributed by atoms with van der Waals surface area (Å²) in [6, 6.07) is 6.43. The van der Waals surface area contributed by atoms with E-state index in [1.807, 2.05) is 6.92 Å². The number of hydrogen-bond donors (Lipinski definition) is 0. The molecule has 0 N–H and O–H groups in total. The molecule has 2 aliphatic rings. The largest absolute Gasteiger partial charge is 1.00 e. The van der Waals surface area contributed by atoms with Gasteiger partial charge in [0.25, 0.3) is 0 Å². The second-order valence-corrected chi connectivity index (χ2v) is 8.68. The number of nitrogens with zero attached hydrogens (tertiary/aromatic N) is 1. The van der Waals surface area contributed by atoms with Crippen molar-refractivity contribution >= 4 is 5.97 Å². The minimum Gasteiger partial charge on any atom is -1.00 e. The summed E-state index contributed by atoms with van der Waals surface area (Å²) >= 11 is 0. The number of quaternary nitrogens is 1. The molecule has 1 heterocycles. The molecule has 1 aliphatic heterocycles. The summed E-state index contributed by atoms with van der Waals surface area (Å²) in [6.45, 7) is 4.07. The van der Waals surface area contributed by atoms with Crippen LogP contribution in [0.15, 0.2) is 24.3 Å². The molecular formula is C21H31FINO2. The average molecular weight is 475 g/mol. The number of halogens is 2. The Morgan fingerprint density at radius 1 is 1.08 bits per heavy atom. The predicted molar refractivity (Wildman–Crippen MR) is 96.7 cm³/mol. The molecule has 1 saturated carbocycles. The van der Waals surface area contributed by atoms with Crippen molar-refractivity contribution in [2.24, 2.45) is 5.92 Å². The fourth-order valence-electron chi connectivity index (χ4n) is 4.45. The van der Waals surface area contributed by atoms with Crippen LogP contribution in [0.1, 0.15) is 51.0 Å².